The summed E-state index contributed by atoms with van der Waals surface area (Å²) in [4.78, 5) is 30.6. The first-order valence-corrected chi connectivity index (χ1v) is 17.5. The third kappa shape index (κ3) is 9.93. The fourth-order valence-electron chi connectivity index (χ4n) is 5.36. The van der Waals surface area contributed by atoms with Crippen LogP contribution in [-0.4, -0.2) is 86.9 Å². The highest BCUT2D eigenvalue weighted by Gasteiger charge is 2.31. The highest BCUT2D eigenvalue weighted by atomic mass is 32.2. The van der Waals surface area contributed by atoms with Crippen molar-refractivity contribution in [1.82, 2.24) is 9.80 Å². The van der Waals surface area contributed by atoms with Gasteiger partial charge in [-0.2, -0.15) is 0 Å². The number of benzene rings is 3. The molecule has 0 aromatic heterocycles. The van der Waals surface area contributed by atoms with E-state index in [1.54, 1.807) is 54.1 Å². The summed E-state index contributed by atoms with van der Waals surface area (Å²) in [6.07, 6.45) is 1.65. The highest BCUT2D eigenvalue weighted by Crippen LogP contribution is 2.29. The van der Waals surface area contributed by atoms with E-state index in [0.29, 0.717) is 24.5 Å². The van der Waals surface area contributed by atoms with Crippen LogP contribution in [-0.2, 0) is 14.8 Å². The average molecular weight is 667 g/mol. The summed E-state index contributed by atoms with van der Waals surface area (Å²) < 4.78 is 41.4. The molecule has 3 aromatic carbocycles. The van der Waals surface area contributed by atoms with Gasteiger partial charge in [-0.1, -0.05) is 43.3 Å². The molecule has 4 atom stereocenters. The van der Waals surface area contributed by atoms with Crippen molar-refractivity contribution in [2.75, 3.05) is 43.4 Å². The first-order valence-electron chi connectivity index (χ1n) is 16.0. The molecule has 1 aliphatic heterocycles. The molecule has 3 N–H and O–H groups in total. The Labute approximate surface area is 277 Å². The molecule has 1 aliphatic rings. The summed E-state index contributed by atoms with van der Waals surface area (Å²) in [5.74, 6) is -0.339. The Morgan fingerprint density at radius 2 is 1.70 bits per heavy atom. The molecule has 3 aromatic rings. The van der Waals surface area contributed by atoms with Crippen LogP contribution in [0, 0.1) is 5.92 Å². The van der Waals surface area contributed by atoms with Crippen molar-refractivity contribution in [3.8, 4) is 5.75 Å². The van der Waals surface area contributed by atoms with E-state index < -0.39 is 28.1 Å². The first-order chi connectivity index (χ1) is 22.5. The lowest BCUT2D eigenvalue weighted by Crippen LogP contribution is -2.48. The molecule has 0 saturated heterocycles. The van der Waals surface area contributed by atoms with E-state index in [4.69, 9.17) is 9.47 Å². The van der Waals surface area contributed by atoms with Crippen molar-refractivity contribution in [3.05, 3.63) is 84.4 Å². The second-order valence-corrected chi connectivity index (χ2v) is 13.8. The zero-order chi connectivity index (χ0) is 34.0. The lowest BCUT2D eigenvalue weighted by molar-refractivity contribution is -0.0115. The van der Waals surface area contributed by atoms with E-state index in [2.05, 4.69) is 10.0 Å². The number of ether oxygens (including phenoxy) is 2. The highest BCUT2D eigenvalue weighted by molar-refractivity contribution is 7.92. The van der Waals surface area contributed by atoms with Gasteiger partial charge in [0.2, 0.25) is 0 Å². The molecule has 0 saturated carbocycles. The number of hydrogen-bond acceptors (Lipinski definition) is 7. The van der Waals surface area contributed by atoms with Gasteiger partial charge in [-0.05, 0) is 75.6 Å². The van der Waals surface area contributed by atoms with Gasteiger partial charge in [-0.25, -0.2) is 13.2 Å². The number of anilines is 2. The predicted molar refractivity (Wildman–Crippen MR) is 182 cm³/mol. The van der Waals surface area contributed by atoms with E-state index in [1.807, 2.05) is 44.2 Å². The lowest BCUT2D eigenvalue weighted by atomic mass is 10.0. The van der Waals surface area contributed by atoms with Crippen LogP contribution in [0.5, 0.6) is 5.75 Å². The number of para-hydroxylation sites is 1. The van der Waals surface area contributed by atoms with Crippen LogP contribution in [0.2, 0.25) is 0 Å². The number of nitrogens with one attached hydrogen (secondary N) is 2. The zero-order valence-corrected chi connectivity index (χ0v) is 28.3. The number of fused-ring (bicyclic) bond motifs is 1. The Hall–Kier alpha value is -4.13. The number of rotatable bonds is 8. The van der Waals surface area contributed by atoms with Gasteiger partial charge in [0.25, 0.3) is 15.9 Å². The van der Waals surface area contributed by atoms with E-state index in [9.17, 15) is 23.1 Å². The Morgan fingerprint density at radius 3 is 2.38 bits per heavy atom. The summed E-state index contributed by atoms with van der Waals surface area (Å²) in [6.45, 7) is 6.27. The fraction of sp³-hybridized carbons (Fsp3) is 0.429. The first kappa shape index (κ1) is 35.7. The number of urea groups is 1. The minimum absolute atomic E-state index is 0.0918. The minimum atomic E-state index is -3.92. The van der Waals surface area contributed by atoms with E-state index in [-0.39, 0.29) is 53.9 Å². The number of aliphatic hydroxyl groups is 1. The fourth-order valence-corrected chi connectivity index (χ4v) is 6.43. The van der Waals surface area contributed by atoms with Gasteiger partial charge < -0.3 is 29.7 Å². The second kappa shape index (κ2) is 16.6. The van der Waals surface area contributed by atoms with Crippen LogP contribution < -0.4 is 14.8 Å². The van der Waals surface area contributed by atoms with Gasteiger partial charge >= 0.3 is 6.03 Å². The number of carbonyl (C=O) groups excluding carboxylic acids is 2. The van der Waals surface area contributed by atoms with Crippen LogP contribution in [0.25, 0.3) is 0 Å². The van der Waals surface area contributed by atoms with Crippen molar-refractivity contribution in [2.24, 2.45) is 5.92 Å². The van der Waals surface area contributed by atoms with E-state index >= 15 is 0 Å². The molecule has 0 radical (unpaired) electrons. The number of amides is 3. The van der Waals surface area contributed by atoms with Gasteiger partial charge in [0.1, 0.15) is 5.75 Å². The monoisotopic (exact) mass is 666 g/mol. The largest absolute Gasteiger partial charge is 0.490 e. The van der Waals surface area contributed by atoms with Gasteiger partial charge in [0.05, 0.1) is 35.3 Å². The molecule has 0 bridgehead atoms. The van der Waals surface area contributed by atoms with Gasteiger partial charge in [-0.3, -0.25) is 9.52 Å². The summed E-state index contributed by atoms with van der Waals surface area (Å²) in [7, 11) is -2.22. The average Bonchev–Trinajstić information content (AvgIpc) is 3.06. The minimum Gasteiger partial charge on any atom is -0.490 e. The van der Waals surface area contributed by atoms with Crippen LogP contribution >= 0.6 is 0 Å². The molecule has 12 heteroatoms. The van der Waals surface area contributed by atoms with Gasteiger partial charge in [0, 0.05) is 44.0 Å². The number of likely N-dealkylation sites (N-methyl/N-ethyl adjacent to an activating group) is 1. The summed E-state index contributed by atoms with van der Waals surface area (Å²) >= 11 is 0. The Balaban J connectivity index is 1.63. The number of aliphatic hydroxyl groups excluding tert-OH is 1. The molecule has 0 spiro atoms. The van der Waals surface area contributed by atoms with Crippen molar-refractivity contribution >= 4 is 33.3 Å². The number of hydrogen-bond donors (Lipinski definition) is 3. The molecule has 4 rings (SSSR count). The maximum Gasteiger partial charge on any atom is 0.321 e. The standard InChI is InChI=1S/C35H46N4O7S/c1-25-22-39(26(2)24-40)34(41)31-21-29(37-47(43,44)30-16-9-6-10-17-30)18-19-32(31)46-27(3)13-11-12-20-45-33(25)23-38(4)35(42)36-28-14-7-5-8-15-28/h5-10,14-19,21,25-27,33,37,40H,11-13,20,22-24H2,1-4H3,(H,36,42)/t25-,26+,27-,33+/m0/s1. The second-order valence-electron chi connectivity index (χ2n) is 12.1. The summed E-state index contributed by atoms with van der Waals surface area (Å²) in [6, 6.07) is 21.0. The van der Waals surface area contributed by atoms with Crippen molar-refractivity contribution < 1.29 is 32.6 Å². The van der Waals surface area contributed by atoms with Crippen LogP contribution in [0.15, 0.2) is 83.8 Å². The molecular weight excluding hydrogens is 620 g/mol. The maximum atomic E-state index is 14.3. The van der Waals surface area contributed by atoms with Crippen molar-refractivity contribution in [2.45, 2.75) is 63.2 Å². The number of carbonyl (C=O) groups is 2. The Morgan fingerprint density at radius 1 is 1.02 bits per heavy atom. The molecular formula is C35H46N4O7S. The van der Waals surface area contributed by atoms with Crippen molar-refractivity contribution in [3.63, 3.8) is 0 Å². The normalized spacial score (nSPS) is 20.2. The number of sulfonamides is 1. The molecule has 0 fully saturated rings. The van der Waals surface area contributed by atoms with Gasteiger partial charge in [0.15, 0.2) is 0 Å². The Bertz CT molecular complexity index is 1570. The third-order valence-electron chi connectivity index (χ3n) is 8.18. The quantitative estimate of drug-likeness (QED) is 0.291. The van der Waals surface area contributed by atoms with Crippen molar-refractivity contribution in [1.29, 1.82) is 0 Å². The SMILES string of the molecule is C[C@H](CO)N1C[C@H](C)[C@@H](CN(C)C(=O)Nc2ccccc2)OCCCC[C@H](C)Oc2ccc(NS(=O)(=O)c3ccccc3)cc2C1=O. The van der Waals surface area contributed by atoms with Crippen LogP contribution in [0.3, 0.4) is 0 Å². The van der Waals surface area contributed by atoms with E-state index in [1.165, 1.54) is 18.2 Å². The zero-order valence-electron chi connectivity index (χ0n) is 27.5. The smallest absolute Gasteiger partial charge is 0.321 e. The van der Waals surface area contributed by atoms with Gasteiger partial charge in [-0.15, -0.1) is 0 Å². The molecule has 254 valence electrons. The Kier molecular flexibility index (Phi) is 12.6. The maximum absolute atomic E-state index is 14.3. The van der Waals surface area contributed by atoms with Crippen LogP contribution in [0.1, 0.15) is 50.4 Å². The molecule has 0 unspecified atom stereocenters. The number of nitrogens with zero attached hydrogens (tertiary/aromatic N) is 2. The van der Waals surface area contributed by atoms with Crippen LogP contribution in [0.4, 0.5) is 16.2 Å². The molecule has 47 heavy (non-hydrogen) atoms. The summed E-state index contributed by atoms with van der Waals surface area (Å²) in [5.41, 5.74) is 1.06. The summed E-state index contributed by atoms with van der Waals surface area (Å²) in [5, 5.41) is 13.1. The van der Waals surface area contributed by atoms with E-state index in [0.717, 1.165) is 12.8 Å². The topological polar surface area (TPSA) is 138 Å². The molecule has 3 amide bonds. The lowest BCUT2D eigenvalue weighted by Gasteiger charge is -2.35. The predicted octanol–water partition coefficient (Wildman–Crippen LogP) is 5.45. The molecule has 1 heterocycles. The third-order valence-corrected chi connectivity index (χ3v) is 9.58. The molecule has 11 nitrogen and oxygen atoms in total. The molecule has 0 aliphatic carbocycles.